The second-order valence-electron chi connectivity index (χ2n) is 11.4. The normalized spacial score (nSPS) is 35.2. The first-order valence-electron chi connectivity index (χ1n) is 11.2. The fourth-order valence-corrected chi connectivity index (χ4v) is 7.27. The van der Waals surface area contributed by atoms with Gasteiger partial charge >= 0.3 is 0 Å². The van der Waals surface area contributed by atoms with Gasteiger partial charge < -0.3 is 9.53 Å². The minimum absolute atomic E-state index is 0.0380. The highest BCUT2D eigenvalue weighted by Crippen LogP contribution is 2.58. The Morgan fingerprint density at radius 3 is 2.38 bits per heavy atom. The van der Waals surface area contributed by atoms with Crippen LogP contribution in [0.4, 0.5) is 0 Å². The summed E-state index contributed by atoms with van der Waals surface area (Å²) in [5.74, 6) is 2.14. The van der Waals surface area contributed by atoms with Gasteiger partial charge in [0.1, 0.15) is 0 Å². The highest BCUT2D eigenvalue weighted by molar-refractivity contribution is 6.74. The van der Waals surface area contributed by atoms with E-state index in [1.54, 1.807) is 0 Å². The van der Waals surface area contributed by atoms with Crippen LogP contribution in [0.5, 0.6) is 0 Å². The van der Waals surface area contributed by atoms with E-state index in [9.17, 15) is 5.11 Å². The zero-order valence-electron chi connectivity index (χ0n) is 18.9. The zero-order valence-corrected chi connectivity index (χ0v) is 19.9. The van der Waals surface area contributed by atoms with Crippen molar-refractivity contribution in [3.63, 3.8) is 0 Å². The molecular weight excluding hydrogens is 336 g/mol. The van der Waals surface area contributed by atoms with E-state index >= 15 is 0 Å². The molecule has 0 amide bonds. The third-order valence-electron chi connectivity index (χ3n) is 8.42. The summed E-state index contributed by atoms with van der Waals surface area (Å²) in [7, 11) is -1.64. The van der Waals surface area contributed by atoms with Crippen molar-refractivity contribution in [1.82, 2.24) is 0 Å². The maximum atomic E-state index is 10.5. The molecule has 2 aliphatic rings. The molecule has 0 aromatic rings. The van der Waals surface area contributed by atoms with E-state index < -0.39 is 8.32 Å². The summed E-state index contributed by atoms with van der Waals surface area (Å²) in [6.45, 7) is 18.9. The molecule has 26 heavy (non-hydrogen) atoms. The first-order valence-corrected chi connectivity index (χ1v) is 14.1. The fourth-order valence-electron chi connectivity index (χ4n) is 5.79. The number of rotatable bonds is 7. The van der Waals surface area contributed by atoms with Crippen molar-refractivity contribution in [2.24, 2.45) is 23.2 Å². The highest BCUT2D eigenvalue weighted by atomic mass is 28.4. The van der Waals surface area contributed by atoms with Gasteiger partial charge in [0.2, 0.25) is 0 Å². The molecule has 0 aromatic heterocycles. The van der Waals surface area contributed by atoms with Crippen molar-refractivity contribution in [3.8, 4) is 0 Å². The topological polar surface area (TPSA) is 29.5 Å². The molecule has 0 unspecified atom stereocenters. The zero-order chi connectivity index (χ0) is 19.8. The predicted octanol–water partition coefficient (Wildman–Crippen LogP) is 6.78. The SMILES string of the molecule is C[C@@H](CCC[C@H](C)[C@H]1CC[C@H]2[C@@H](O)CCC[C@]12C)O[Si](C)(C)C(C)(C)C. The number of hydrogen-bond acceptors (Lipinski definition) is 2. The minimum Gasteiger partial charge on any atom is -0.414 e. The molecule has 6 atom stereocenters. The first kappa shape index (κ1) is 22.4. The van der Waals surface area contributed by atoms with Crippen molar-refractivity contribution >= 4 is 8.32 Å². The maximum Gasteiger partial charge on any atom is 0.192 e. The fraction of sp³-hybridized carbons (Fsp3) is 1.00. The Labute approximate surface area is 164 Å². The van der Waals surface area contributed by atoms with Gasteiger partial charge in [-0.15, -0.1) is 0 Å². The Kier molecular flexibility index (Phi) is 7.11. The number of hydrogen-bond donors (Lipinski definition) is 1. The van der Waals surface area contributed by atoms with Gasteiger partial charge in [0.25, 0.3) is 0 Å². The van der Waals surface area contributed by atoms with Crippen LogP contribution in [-0.4, -0.2) is 25.6 Å². The summed E-state index contributed by atoms with van der Waals surface area (Å²) in [5.41, 5.74) is 0.389. The standard InChI is InChI=1S/C23H46O2Si/c1-17(11-9-12-18(2)25-26(7,8)22(3,4)5)19-14-15-20-21(24)13-10-16-23(19,20)6/h17-21,24H,9-16H2,1-8H3/t17-,18-,19+,20-,21-,23+/m0/s1. The van der Waals surface area contributed by atoms with E-state index in [4.69, 9.17) is 4.43 Å². The van der Waals surface area contributed by atoms with Crippen molar-refractivity contribution in [3.05, 3.63) is 0 Å². The van der Waals surface area contributed by atoms with Crippen LogP contribution in [-0.2, 0) is 4.43 Å². The molecule has 0 heterocycles. The van der Waals surface area contributed by atoms with Gasteiger partial charge in [-0.1, -0.05) is 53.9 Å². The molecule has 1 N–H and O–H groups in total. The van der Waals surface area contributed by atoms with Crippen LogP contribution in [0.3, 0.4) is 0 Å². The average molecular weight is 383 g/mol. The molecule has 0 saturated heterocycles. The molecule has 0 spiro atoms. The number of fused-ring (bicyclic) bond motifs is 1. The van der Waals surface area contributed by atoms with Crippen LogP contribution in [0.2, 0.25) is 18.1 Å². The molecule has 0 bridgehead atoms. The largest absolute Gasteiger partial charge is 0.414 e. The molecule has 0 aliphatic heterocycles. The lowest BCUT2D eigenvalue weighted by molar-refractivity contribution is -0.0279. The molecule has 2 aliphatic carbocycles. The quantitative estimate of drug-likeness (QED) is 0.492. The lowest BCUT2D eigenvalue weighted by atomic mass is 9.61. The summed E-state index contributed by atoms with van der Waals surface area (Å²) in [6, 6.07) is 0. The summed E-state index contributed by atoms with van der Waals surface area (Å²) >= 11 is 0. The molecule has 0 aromatic carbocycles. The second kappa shape index (κ2) is 8.25. The first-order chi connectivity index (χ1) is 11.9. The van der Waals surface area contributed by atoms with Crippen LogP contribution < -0.4 is 0 Å². The number of aliphatic hydroxyl groups excluding tert-OH is 1. The van der Waals surface area contributed by atoms with Gasteiger partial charge in [-0.2, -0.15) is 0 Å². The Balaban J connectivity index is 1.81. The molecule has 2 fully saturated rings. The number of aliphatic hydroxyl groups is 1. The van der Waals surface area contributed by atoms with Gasteiger partial charge in [-0.25, -0.2) is 0 Å². The lowest BCUT2D eigenvalue weighted by Crippen LogP contribution is -2.43. The Hall–Kier alpha value is 0.137. The van der Waals surface area contributed by atoms with Gasteiger partial charge in [-0.3, -0.25) is 0 Å². The van der Waals surface area contributed by atoms with E-state index in [-0.39, 0.29) is 6.10 Å². The van der Waals surface area contributed by atoms with E-state index in [2.05, 4.69) is 54.6 Å². The van der Waals surface area contributed by atoms with Gasteiger partial charge in [-0.05, 0) is 80.3 Å². The monoisotopic (exact) mass is 382 g/mol. The summed E-state index contributed by atoms with van der Waals surface area (Å²) in [4.78, 5) is 0. The Morgan fingerprint density at radius 1 is 1.12 bits per heavy atom. The van der Waals surface area contributed by atoms with Gasteiger partial charge in [0.05, 0.1) is 6.10 Å². The van der Waals surface area contributed by atoms with Crippen LogP contribution in [0.25, 0.3) is 0 Å². The molecule has 154 valence electrons. The van der Waals surface area contributed by atoms with Gasteiger partial charge in [0, 0.05) is 6.10 Å². The smallest absolute Gasteiger partial charge is 0.192 e. The Morgan fingerprint density at radius 2 is 1.77 bits per heavy atom. The van der Waals surface area contributed by atoms with E-state index in [1.807, 2.05) is 0 Å². The summed E-state index contributed by atoms with van der Waals surface area (Å²) < 4.78 is 6.54. The summed E-state index contributed by atoms with van der Waals surface area (Å²) in [5, 5.41) is 10.7. The molecular formula is C23H46O2Si. The van der Waals surface area contributed by atoms with Gasteiger partial charge in [0.15, 0.2) is 8.32 Å². The second-order valence-corrected chi connectivity index (χ2v) is 16.1. The van der Waals surface area contributed by atoms with Crippen molar-refractivity contribution < 1.29 is 9.53 Å². The van der Waals surface area contributed by atoms with Crippen molar-refractivity contribution in [1.29, 1.82) is 0 Å². The lowest BCUT2D eigenvalue weighted by Gasteiger charge is -2.45. The molecule has 2 rings (SSSR count). The molecule has 2 nitrogen and oxygen atoms in total. The molecule has 0 radical (unpaired) electrons. The van der Waals surface area contributed by atoms with E-state index in [0.29, 0.717) is 22.5 Å². The maximum absolute atomic E-state index is 10.5. The highest BCUT2D eigenvalue weighted by Gasteiger charge is 2.52. The van der Waals surface area contributed by atoms with Crippen LogP contribution in [0.15, 0.2) is 0 Å². The third kappa shape index (κ3) is 4.75. The minimum atomic E-state index is -1.64. The van der Waals surface area contributed by atoms with Crippen LogP contribution in [0, 0.1) is 23.2 Å². The van der Waals surface area contributed by atoms with Crippen LogP contribution in [0.1, 0.15) is 92.9 Å². The molecule has 3 heteroatoms. The van der Waals surface area contributed by atoms with Crippen molar-refractivity contribution in [2.45, 2.75) is 123 Å². The molecule has 2 saturated carbocycles. The Bertz CT molecular complexity index is 456. The third-order valence-corrected chi connectivity index (χ3v) is 13.0. The predicted molar refractivity (Wildman–Crippen MR) is 115 cm³/mol. The van der Waals surface area contributed by atoms with E-state index in [1.165, 1.54) is 44.9 Å². The average Bonchev–Trinajstić information content (AvgIpc) is 2.84. The van der Waals surface area contributed by atoms with Crippen molar-refractivity contribution in [2.75, 3.05) is 0 Å². The summed E-state index contributed by atoms with van der Waals surface area (Å²) in [6.07, 6.45) is 10.3. The van der Waals surface area contributed by atoms with Crippen LogP contribution >= 0.6 is 0 Å². The van der Waals surface area contributed by atoms with E-state index in [0.717, 1.165) is 18.3 Å².